The fourth-order valence-electron chi connectivity index (χ4n) is 1.91. The maximum absolute atomic E-state index is 13.3. The van der Waals surface area contributed by atoms with Crippen LogP contribution in [-0.2, 0) is 0 Å². The first-order valence-electron chi connectivity index (χ1n) is 6.03. The molecule has 2 N–H and O–H groups in total. The van der Waals surface area contributed by atoms with Crippen LogP contribution in [0.25, 0.3) is 0 Å². The number of hydrogen-bond acceptors (Lipinski definition) is 2. The van der Waals surface area contributed by atoms with Gasteiger partial charge >= 0.3 is 0 Å². The van der Waals surface area contributed by atoms with Gasteiger partial charge < -0.3 is 10.6 Å². The summed E-state index contributed by atoms with van der Waals surface area (Å²) in [5.74, 6) is -0.697. The van der Waals surface area contributed by atoms with Gasteiger partial charge in [0.15, 0.2) is 0 Å². The van der Waals surface area contributed by atoms with Crippen LogP contribution in [0.15, 0.2) is 46.9 Å². The second-order valence-corrected chi connectivity index (χ2v) is 5.67. The topological polar surface area (TPSA) is 46.3 Å². The highest BCUT2D eigenvalue weighted by atomic mass is 79.9. The van der Waals surface area contributed by atoms with Gasteiger partial charge in [0, 0.05) is 18.2 Å². The lowest BCUT2D eigenvalue weighted by Crippen LogP contribution is -2.28. The first-order chi connectivity index (χ1) is 9.91. The lowest BCUT2D eigenvalue weighted by molar-refractivity contribution is 0.0993. The second-order valence-electron chi connectivity index (χ2n) is 4.37. The average Bonchev–Trinajstić information content (AvgIpc) is 2.48. The highest BCUT2D eigenvalue weighted by Gasteiger charge is 2.18. The third-order valence-electron chi connectivity index (χ3n) is 3.00. The summed E-state index contributed by atoms with van der Waals surface area (Å²) in [6.45, 7) is 0. The number of anilines is 1. The third kappa shape index (κ3) is 3.28. The molecule has 0 atom stereocenters. The Balaban J connectivity index is 2.40. The van der Waals surface area contributed by atoms with Gasteiger partial charge in [-0.05, 0) is 46.3 Å². The summed E-state index contributed by atoms with van der Waals surface area (Å²) in [7, 11) is 1.62. The summed E-state index contributed by atoms with van der Waals surface area (Å²) in [5, 5.41) is 0. The van der Waals surface area contributed by atoms with E-state index in [0.717, 1.165) is 0 Å². The molecule has 3 nitrogen and oxygen atoms in total. The zero-order chi connectivity index (χ0) is 15.6. The van der Waals surface area contributed by atoms with Crippen LogP contribution in [0, 0.1) is 5.82 Å². The van der Waals surface area contributed by atoms with Gasteiger partial charge in [-0.15, -0.1) is 0 Å². The number of hydrogen-bond donors (Lipinski definition) is 1. The van der Waals surface area contributed by atoms with Crippen LogP contribution in [-0.4, -0.2) is 17.9 Å². The molecule has 0 heterocycles. The second kappa shape index (κ2) is 6.32. The van der Waals surface area contributed by atoms with E-state index in [9.17, 15) is 9.18 Å². The third-order valence-corrected chi connectivity index (χ3v) is 3.83. The van der Waals surface area contributed by atoms with Gasteiger partial charge in [0.2, 0.25) is 0 Å². The number of thiocarbonyl (C=S) groups is 1. The number of carbonyl (C=O) groups excluding carboxylic acids is 1. The molecule has 0 saturated heterocycles. The predicted molar refractivity (Wildman–Crippen MR) is 89.2 cm³/mol. The maximum Gasteiger partial charge on any atom is 0.258 e. The molecule has 0 spiro atoms. The van der Waals surface area contributed by atoms with E-state index in [1.807, 2.05) is 0 Å². The van der Waals surface area contributed by atoms with E-state index in [1.165, 1.54) is 23.1 Å². The molecular weight excluding hydrogens is 355 g/mol. The number of halogens is 2. The van der Waals surface area contributed by atoms with E-state index in [4.69, 9.17) is 18.0 Å². The summed E-state index contributed by atoms with van der Waals surface area (Å²) in [6.07, 6.45) is 0. The molecule has 1 amide bonds. The largest absolute Gasteiger partial charge is 0.389 e. The highest BCUT2D eigenvalue weighted by Crippen LogP contribution is 2.23. The van der Waals surface area contributed by atoms with Gasteiger partial charge in [0.1, 0.15) is 10.8 Å². The molecule has 0 aliphatic heterocycles. The van der Waals surface area contributed by atoms with E-state index < -0.39 is 5.82 Å². The van der Waals surface area contributed by atoms with Crippen molar-refractivity contribution in [3.63, 3.8) is 0 Å². The standard InChI is InChI=1S/C15H12BrFN2OS/c1-19(13-5-3-2-4-10(13)14(18)21)15(20)9-6-7-12(17)11(16)8-9/h2-8H,1H3,(H2,18,21). The molecule has 0 unspecified atom stereocenters. The van der Waals surface area contributed by atoms with Crippen LogP contribution in [0.5, 0.6) is 0 Å². The molecule has 21 heavy (non-hydrogen) atoms. The van der Waals surface area contributed by atoms with Crippen molar-refractivity contribution >= 4 is 44.7 Å². The lowest BCUT2D eigenvalue weighted by Gasteiger charge is -2.20. The summed E-state index contributed by atoms with van der Waals surface area (Å²) in [4.78, 5) is 14.1. The van der Waals surface area contributed by atoms with Crippen molar-refractivity contribution in [2.45, 2.75) is 0 Å². The molecule has 6 heteroatoms. The molecule has 0 radical (unpaired) electrons. The Morgan fingerprint density at radius 3 is 2.57 bits per heavy atom. The van der Waals surface area contributed by atoms with E-state index in [2.05, 4.69) is 15.9 Å². The van der Waals surface area contributed by atoms with Crippen LogP contribution in [0.3, 0.4) is 0 Å². The normalized spacial score (nSPS) is 10.2. The Bertz CT molecular complexity index is 721. The van der Waals surface area contributed by atoms with Gasteiger partial charge in [0.25, 0.3) is 5.91 Å². The lowest BCUT2D eigenvalue weighted by atomic mass is 10.1. The van der Waals surface area contributed by atoms with Crippen molar-refractivity contribution in [3.05, 3.63) is 63.9 Å². The minimum Gasteiger partial charge on any atom is -0.389 e. The molecule has 0 bridgehead atoms. The number of nitrogens with zero attached hydrogens (tertiary/aromatic N) is 1. The number of carbonyl (C=O) groups is 1. The van der Waals surface area contributed by atoms with Gasteiger partial charge in [-0.1, -0.05) is 24.4 Å². The maximum atomic E-state index is 13.3. The van der Waals surface area contributed by atoms with E-state index in [0.29, 0.717) is 16.8 Å². The fourth-order valence-corrected chi connectivity index (χ4v) is 2.46. The summed E-state index contributed by atoms with van der Waals surface area (Å²) < 4.78 is 13.5. The summed E-state index contributed by atoms with van der Waals surface area (Å²) in [6, 6.07) is 11.2. The molecule has 0 aliphatic carbocycles. The SMILES string of the molecule is CN(C(=O)c1ccc(F)c(Br)c1)c1ccccc1C(N)=S. The van der Waals surface area contributed by atoms with E-state index in [-0.39, 0.29) is 15.4 Å². The van der Waals surface area contributed by atoms with Gasteiger partial charge in [-0.3, -0.25) is 4.79 Å². The van der Waals surface area contributed by atoms with Crippen LogP contribution >= 0.6 is 28.1 Å². The van der Waals surface area contributed by atoms with Crippen LogP contribution < -0.4 is 10.6 Å². The minimum absolute atomic E-state index is 0.213. The number of rotatable bonds is 3. The van der Waals surface area contributed by atoms with Gasteiger partial charge in [-0.25, -0.2) is 4.39 Å². The predicted octanol–water partition coefficient (Wildman–Crippen LogP) is 3.50. The molecule has 0 fully saturated rings. The van der Waals surface area contributed by atoms with Gasteiger partial charge in [-0.2, -0.15) is 0 Å². The van der Waals surface area contributed by atoms with Crippen molar-refractivity contribution in [3.8, 4) is 0 Å². The highest BCUT2D eigenvalue weighted by molar-refractivity contribution is 9.10. The van der Waals surface area contributed by atoms with Crippen molar-refractivity contribution in [1.82, 2.24) is 0 Å². The van der Waals surface area contributed by atoms with Crippen molar-refractivity contribution in [2.24, 2.45) is 5.73 Å². The van der Waals surface area contributed by atoms with Crippen LogP contribution in [0.2, 0.25) is 0 Å². The van der Waals surface area contributed by atoms with Crippen molar-refractivity contribution in [1.29, 1.82) is 0 Å². The summed E-state index contributed by atoms with van der Waals surface area (Å²) in [5.41, 5.74) is 7.26. The van der Waals surface area contributed by atoms with Crippen molar-refractivity contribution in [2.75, 3.05) is 11.9 Å². The Labute approximate surface area is 135 Å². The van der Waals surface area contributed by atoms with Crippen LogP contribution in [0.1, 0.15) is 15.9 Å². The molecule has 0 aromatic heterocycles. The van der Waals surface area contributed by atoms with E-state index in [1.54, 1.807) is 31.3 Å². The fraction of sp³-hybridized carbons (Fsp3) is 0.0667. The van der Waals surface area contributed by atoms with Crippen LogP contribution in [0.4, 0.5) is 10.1 Å². The molecule has 2 aromatic carbocycles. The Morgan fingerprint density at radius 1 is 1.29 bits per heavy atom. The minimum atomic E-state index is -0.419. The molecule has 0 saturated carbocycles. The number of para-hydroxylation sites is 1. The van der Waals surface area contributed by atoms with E-state index >= 15 is 0 Å². The number of amides is 1. The van der Waals surface area contributed by atoms with Gasteiger partial charge in [0.05, 0.1) is 10.2 Å². The molecule has 2 aromatic rings. The Kier molecular flexibility index (Phi) is 4.69. The number of benzene rings is 2. The zero-order valence-corrected chi connectivity index (χ0v) is 13.5. The average molecular weight is 367 g/mol. The molecular formula is C15H12BrFN2OS. The molecule has 0 aliphatic rings. The number of nitrogens with two attached hydrogens (primary N) is 1. The van der Waals surface area contributed by atoms with Crippen molar-refractivity contribution < 1.29 is 9.18 Å². The smallest absolute Gasteiger partial charge is 0.258 e. The zero-order valence-electron chi connectivity index (χ0n) is 11.1. The Morgan fingerprint density at radius 2 is 1.95 bits per heavy atom. The first kappa shape index (κ1) is 15.6. The molecule has 2 rings (SSSR count). The molecule has 108 valence electrons. The quantitative estimate of drug-likeness (QED) is 0.845. The monoisotopic (exact) mass is 366 g/mol. The first-order valence-corrected chi connectivity index (χ1v) is 7.24. The summed E-state index contributed by atoms with van der Waals surface area (Å²) >= 11 is 8.06. The Hall–Kier alpha value is -1.79.